The fraction of sp³-hybridized carbons (Fsp3) is 0.636. The van der Waals surface area contributed by atoms with Crippen LogP contribution < -0.4 is 0 Å². The molecule has 4 aliphatic rings. The van der Waals surface area contributed by atoms with Crippen LogP contribution in [0.25, 0.3) is 0 Å². The van der Waals surface area contributed by atoms with E-state index < -0.39 is 36.5 Å². The average molecular weight is 586 g/mol. The largest absolute Gasteiger partial charge is 0.456 e. The van der Waals surface area contributed by atoms with Crippen LogP contribution >= 0.6 is 0 Å². The molecule has 0 aromatic rings. The molecule has 1 amide bonds. The summed E-state index contributed by atoms with van der Waals surface area (Å²) >= 11 is 0. The molecule has 4 aliphatic heterocycles. The van der Waals surface area contributed by atoms with Crippen molar-refractivity contribution in [1.82, 2.24) is 4.90 Å². The number of hydrogen-bond acceptors (Lipinski definition) is 8. The molecule has 0 spiro atoms. The fourth-order valence-corrected chi connectivity index (χ4v) is 5.77. The van der Waals surface area contributed by atoms with E-state index in [1.807, 2.05) is 25.2 Å². The van der Waals surface area contributed by atoms with Gasteiger partial charge in [0, 0.05) is 33.0 Å². The number of carbonyl (C=O) groups excluding carboxylic acids is 2. The molecular formula is C33H47NO8. The zero-order valence-corrected chi connectivity index (χ0v) is 25.4. The van der Waals surface area contributed by atoms with Crippen molar-refractivity contribution in [3.8, 4) is 0 Å². The van der Waals surface area contributed by atoms with Crippen molar-refractivity contribution in [1.29, 1.82) is 0 Å². The molecule has 0 radical (unpaired) electrons. The Bertz CT molecular complexity index is 1080. The number of hydrogen-bond donors (Lipinski definition) is 1. The van der Waals surface area contributed by atoms with E-state index in [2.05, 4.69) is 19.6 Å². The van der Waals surface area contributed by atoms with Crippen LogP contribution in [0.4, 0.5) is 4.79 Å². The second kappa shape index (κ2) is 15.1. The van der Waals surface area contributed by atoms with Gasteiger partial charge in [-0.2, -0.15) is 0 Å². The van der Waals surface area contributed by atoms with Crippen molar-refractivity contribution in [2.24, 2.45) is 5.92 Å². The van der Waals surface area contributed by atoms with Crippen LogP contribution in [-0.2, 0) is 28.5 Å². The molecule has 9 heteroatoms. The van der Waals surface area contributed by atoms with Gasteiger partial charge < -0.3 is 33.7 Å². The monoisotopic (exact) mass is 585 g/mol. The second-order valence-corrected chi connectivity index (χ2v) is 12.3. The number of amides is 1. The summed E-state index contributed by atoms with van der Waals surface area (Å²) in [5, 5.41) is 11.1. The highest BCUT2D eigenvalue weighted by Crippen LogP contribution is 2.36. The predicted molar refractivity (Wildman–Crippen MR) is 159 cm³/mol. The Hall–Kier alpha value is -2.72. The molecule has 9 nitrogen and oxygen atoms in total. The van der Waals surface area contributed by atoms with Crippen molar-refractivity contribution in [3.63, 3.8) is 0 Å². The summed E-state index contributed by atoms with van der Waals surface area (Å²) in [6, 6.07) is 0. The van der Waals surface area contributed by atoms with E-state index in [1.165, 1.54) is 16.5 Å². The molecule has 1 unspecified atom stereocenters. The van der Waals surface area contributed by atoms with E-state index in [4.69, 9.17) is 23.7 Å². The third-order valence-electron chi connectivity index (χ3n) is 8.04. The Morgan fingerprint density at radius 2 is 1.98 bits per heavy atom. The molecule has 1 N–H and O–H groups in total. The number of epoxide rings is 1. The first kappa shape index (κ1) is 32.2. The first-order chi connectivity index (χ1) is 20.1. The highest BCUT2D eigenvalue weighted by molar-refractivity contribution is 5.82. The van der Waals surface area contributed by atoms with Crippen molar-refractivity contribution in [2.45, 2.75) is 108 Å². The topological polar surface area (TPSA) is 107 Å². The molecule has 1 saturated heterocycles. The van der Waals surface area contributed by atoms with Gasteiger partial charge in [-0.15, -0.1) is 0 Å². The summed E-state index contributed by atoms with van der Waals surface area (Å²) in [6.45, 7) is 9.05. The normalized spacial score (nSPS) is 36.1. The fourth-order valence-electron chi connectivity index (χ4n) is 5.77. The summed E-state index contributed by atoms with van der Waals surface area (Å²) in [6.07, 6.45) is 13.4. The second-order valence-electron chi connectivity index (χ2n) is 12.3. The van der Waals surface area contributed by atoms with Crippen molar-refractivity contribution in [2.75, 3.05) is 20.7 Å². The van der Waals surface area contributed by atoms with E-state index in [1.54, 1.807) is 26.2 Å². The lowest BCUT2D eigenvalue weighted by Crippen LogP contribution is -2.34. The smallest absolute Gasteiger partial charge is 0.409 e. The molecule has 1 fully saturated rings. The first-order valence-electron chi connectivity index (χ1n) is 15.1. The highest BCUT2D eigenvalue weighted by atomic mass is 16.6. The number of carbonyl (C=O) groups is 2. The van der Waals surface area contributed by atoms with Crippen molar-refractivity contribution in [3.05, 3.63) is 60.3 Å². The third kappa shape index (κ3) is 9.93. The van der Waals surface area contributed by atoms with Gasteiger partial charge in [0.25, 0.3) is 0 Å². The van der Waals surface area contributed by atoms with E-state index in [-0.39, 0.29) is 30.8 Å². The van der Waals surface area contributed by atoms with Crippen LogP contribution in [0.15, 0.2) is 60.3 Å². The van der Waals surface area contributed by atoms with Crippen LogP contribution in [0, 0.1) is 5.92 Å². The summed E-state index contributed by atoms with van der Waals surface area (Å²) in [4.78, 5) is 26.7. The molecule has 0 aromatic heterocycles. The van der Waals surface area contributed by atoms with Crippen LogP contribution in [0.3, 0.4) is 0 Å². The predicted octanol–water partition coefficient (Wildman–Crippen LogP) is 4.81. The molecule has 9 atom stereocenters. The van der Waals surface area contributed by atoms with Gasteiger partial charge in [-0.05, 0) is 44.9 Å². The van der Waals surface area contributed by atoms with Crippen LogP contribution in [0.5, 0.6) is 0 Å². The Balaban J connectivity index is 1.51. The summed E-state index contributed by atoms with van der Waals surface area (Å²) < 4.78 is 29.6. The molecule has 2 bridgehead atoms. The van der Waals surface area contributed by atoms with Gasteiger partial charge in [-0.1, -0.05) is 61.1 Å². The van der Waals surface area contributed by atoms with Crippen molar-refractivity contribution < 1.29 is 38.4 Å². The van der Waals surface area contributed by atoms with E-state index in [0.717, 1.165) is 31.3 Å². The van der Waals surface area contributed by atoms with Gasteiger partial charge >= 0.3 is 12.1 Å². The lowest BCUT2D eigenvalue weighted by Gasteiger charge is -2.28. The molecule has 4 heterocycles. The molecule has 0 aliphatic carbocycles. The van der Waals surface area contributed by atoms with Crippen molar-refractivity contribution >= 4 is 12.1 Å². The number of rotatable bonds is 4. The molecule has 0 aromatic carbocycles. The maximum absolute atomic E-state index is 12.8. The first-order valence-corrected chi connectivity index (χ1v) is 15.1. The Labute approximate surface area is 249 Å². The maximum atomic E-state index is 12.8. The van der Waals surface area contributed by atoms with Gasteiger partial charge in [-0.25, -0.2) is 9.59 Å². The minimum atomic E-state index is -1.07. The summed E-state index contributed by atoms with van der Waals surface area (Å²) in [5.41, 5.74) is 2.20. The Morgan fingerprint density at radius 3 is 2.74 bits per heavy atom. The number of aliphatic hydroxyl groups is 1. The molecule has 4 rings (SSSR count). The lowest BCUT2D eigenvalue weighted by atomic mass is 9.90. The van der Waals surface area contributed by atoms with Crippen LogP contribution in [0.2, 0.25) is 0 Å². The molecule has 42 heavy (non-hydrogen) atoms. The van der Waals surface area contributed by atoms with Crippen LogP contribution in [-0.4, -0.2) is 91.6 Å². The molecular weight excluding hydrogens is 538 g/mol. The number of ether oxygens (including phenoxy) is 5. The van der Waals surface area contributed by atoms with Crippen LogP contribution in [0.1, 0.15) is 58.8 Å². The minimum Gasteiger partial charge on any atom is -0.456 e. The zero-order chi connectivity index (χ0) is 30.2. The van der Waals surface area contributed by atoms with Gasteiger partial charge in [0.05, 0.1) is 31.0 Å². The Morgan fingerprint density at radius 1 is 1.17 bits per heavy atom. The standard InChI is InChI=1S/C33H47NO8/c1-21-14-15-38-25(17-21)12-13-27(35)28-20-30-32(41-30)29(42-33(37)34(4)5)19-23(3)16-22(2)18-26-10-6-8-24(39-26)9-7-11-31(36)40-28/h6-8,11-14,22,24-30,32,35H,3,9-10,15-20H2,1-2,4-5H3/b11-7-,13-12+/t22-,24-,25+,26-,27-,28-,29?,30-,32-/m0/s1. The minimum absolute atomic E-state index is 0.0827. The number of fused-ring (bicyclic) bond motifs is 3. The number of nitrogens with zero attached hydrogens (tertiary/aromatic N) is 1. The van der Waals surface area contributed by atoms with Gasteiger partial charge in [-0.3, -0.25) is 0 Å². The summed E-state index contributed by atoms with van der Waals surface area (Å²) in [7, 11) is 3.27. The van der Waals surface area contributed by atoms with Gasteiger partial charge in [0.1, 0.15) is 24.4 Å². The van der Waals surface area contributed by atoms with E-state index in [0.29, 0.717) is 25.4 Å². The zero-order valence-electron chi connectivity index (χ0n) is 25.4. The third-order valence-corrected chi connectivity index (χ3v) is 8.04. The quantitative estimate of drug-likeness (QED) is 0.285. The number of aliphatic hydroxyl groups excluding tert-OH is 1. The number of esters is 1. The average Bonchev–Trinajstić information content (AvgIpc) is 3.69. The molecule has 0 saturated carbocycles. The maximum Gasteiger partial charge on any atom is 0.409 e. The van der Waals surface area contributed by atoms with Gasteiger partial charge in [0.15, 0.2) is 0 Å². The highest BCUT2D eigenvalue weighted by Gasteiger charge is 2.49. The van der Waals surface area contributed by atoms with E-state index >= 15 is 0 Å². The van der Waals surface area contributed by atoms with E-state index in [9.17, 15) is 14.7 Å². The SMILES string of the molecule is C=C1CC(OC(=O)N(C)C)[C@@H]2O[C@H]2C[C@@H]([C@@H](O)/C=C/[C@@H]2CC(C)=CCO2)OC(=O)/C=C\C[C@@H]2C=CC[C@@H](C[C@@H](C)C1)O2. The van der Waals surface area contributed by atoms with Gasteiger partial charge in [0.2, 0.25) is 0 Å². The Kier molecular flexibility index (Phi) is 11.6. The lowest BCUT2D eigenvalue weighted by molar-refractivity contribution is -0.148. The summed E-state index contributed by atoms with van der Waals surface area (Å²) in [5.74, 6) is -0.216. The molecule has 232 valence electrons. The number of cyclic esters (lactones) is 1.